The van der Waals surface area contributed by atoms with Gasteiger partial charge >= 0.3 is 0 Å². The average molecular weight is 264 g/mol. The molecule has 3 heteroatoms. The van der Waals surface area contributed by atoms with Crippen molar-refractivity contribution in [2.24, 2.45) is 0 Å². The van der Waals surface area contributed by atoms with Crippen LogP contribution in [0, 0.1) is 0 Å². The monoisotopic (exact) mass is 264 g/mol. The number of ether oxygens (including phenoxy) is 1. The number of morpholine rings is 1. The number of rotatable bonds is 3. The number of nitrogens with zero attached hydrogens (tertiary/aromatic N) is 2. The number of hydrogen-bond donors (Lipinski definition) is 0. The number of aromatic nitrogens is 1. The molecule has 0 aliphatic carbocycles. The molecule has 1 aliphatic rings. The van der Waals surface area contributed by atoms with Gasteiger partial charge in [0.15, 0.2) is 0 Å². The fraction of sp³-hybridized carbons (Fsp3) is 0.688. The highest BCUT2D eigenvalue weighted by Crippen LogP contribution is 2.13. The van der Waals surface area contributed by atoms with E-state index in [4.69, 9.17) is 4.74 Å². The molecule has 2 heterocycles. The van der Waals surface area contributed by atoms with Crippen LogP contribution < -0.4 is 0 Å². The van der Waals surface area contributed by atoms with Crippen molar-refractivity contribution in [3.05, 3.63) is 29.6 Å². The minimum Gasteiger partial charge on any atom is -0.376 e. The molecule has 0 saturated carbocycles. The topological polar surface area (TPSA) is 25.4 Å². The van der Waals surface area contributed by atoms with E-state index in [0.29, 0.717) is 12.0 Å². The lowest BCUT2D eigenvalue weighted by Crippen LogP contribution is -2.40. The Morgan fingerprint density at radius 1 is 1.37 bits per heavy atom. The minimum atomic E-state index is 0.353. The van der Waals surface area contributed by atoms with Gasteiger partial charge in [-0.3, -0.25) is 9.88 Å². The summed E-state index contributed by atoms with van der Waals surface area (Å²) in [5.74, 6) is 0.507. The third-order valence-electron chi connectivity index (χ3n) is 3.17. The van der Waals surface area contributed by atoms with E-state index in [2.05, 4.69) is 42.8 Å². The predicted molar refractivity (Wildman–Crippen MR) is 80.4 cm³/mol. The molecule has 0 spiro atoms. The van der Waals surface area contributed by atoms with E-state index in [1.807, 2.05) is 20.0 Å². The van der Waals surface area contributed by atoms with E-state index >= 15 is 0 Å². The molecule has 0 aromatic carbocycles. The molecule has 0 unspecified atom stereocenters. The van der Waals surface area contributed by atoms with E-state index in [0.717, 1.165) is 26.2 Å². The first kappa shape index (κ1) is 16.1. The summed E-state index contributed by atoms with van der Waals surface area (Å²) in [6.45, 7) is 14.4. The van der Waals surface area contributed by atoms with Crippen LogP contribution in [0.25, 0.3) is 0 Å². The van der Waals surface area contributed by atoms with Gasteiger partial charge in [-0.25, -0.2) is 0 Å². The second-order valence-electron chi connectivity index (χ2n) is 5.16. The molecular formula is C16H28N2O. The van der Waals surface area contributed by atoms with Gasteiger partial charge in [0.25, 0.3) is 0 Å². The second kappa shape index (κ2) is 8.28. The van der Waals surface area contributed by atoms with Gasteiger partial charge in [-0.05, 0) is 24.5 Å². The summed E-state index contributed by atoms with van der Waals surface area (Å²) in [6, 6.07) is 4.34. The van der Waals surface area contributed by atoms with Gasteiger partial charge in [0.05, 0.1) is 12.7 Å². The molecule has 1 fully saturated rings. The van der Waals surface area contributed by atoms with Crippen molar-refractivity contribution < 1.29 is 4.74 Å². The van der Waals surface area contributed by atoms with Crippen LogP contribution in [0.15, 0.2) is 18.3 Å². The largest absolute Gasteiger partial charge is 0.376 e. The Kier molecular flexibility index (Phi) is 7.03. The first-order valence-electron chi connectivity index (χ1n) is 7.44. The highest BCUT2D eigenvalue weighted by Gasteiger charge is 2.16. The maximum absolute atomic E-state index is 5.54. The molecule has 1 aromatic heterocycles. The molecule has 1 aliphatic heterocycles. The van der Waals surface area contributed by atoms with Crippen LogP contribution in [-0.4, -0.2) is 35.7 Å². The number of hydrogen-bond acceptors (Lipinski definition) is 3. The van der Waals surface area contributed by atoms with Gasteiger partial charge < -0.3 is 4.74 Å². The van der Waals surface area contributed by atoms with Gasteiger partial charge in [-0.15, -0.1) is 0 Å². The van der Waals surface area contributed by atoms with Crippen molar-refractivity contribution in [2.45, 2.75) is 53.2 Å². The quantitative estimate of drug-likeness (QED) is 0.836. The SMILES string of the molecule is CC.CC(C)c1ccc(CN2CCO[C@H](C)C2)cn1. The molecule has 19 heavy (non-hydrogen) atoms. The van der Waals surface area contributed by atoms with E-state index < -0.39 is 0 Å². The Bertz CT molecular complexity index is 348. The Labute approximate surface area is 118 Å². The highest BCUT2D eigenvalue weighted by molar-refractivity contribution is 5.16. The molecule has 0 radical (unpaired) electrons. The molecule has 1 atom stereocenters. The fourth-order valence-electron chi connectivity index (χ4n) is 2.16. The van der Waals surface area contributed by atoms with Crippen molar-refractivity contribution in [1.29, 1.82) is 0 Å². The lowest BCUT2D eigenvalue weighted by molar-refractivity contribution is -0.0212. The summed E-state index contributed by atoms with van der Waals surface area (Å²) in [5, 5.41) is 0. The van der Waals surface area contributed by atoms with E-state index in [-0.39, 0.29) is 0 Å². The van der Waals surface area contributed by atoms with Gasteiger partial charge in [0.2, 0.25) is 0 Å². The predicted octanol–water partition coefficient (Wildman–Crippen LogP) is 3.45. The van der Waals surface area contributed by atoms with Crippen molar-refractivity contribution in [3.8, 4) is 0 Å². The summed E-state index contributed by atoms with van der Waals surface area (Å²) in [7, 11) is 0. The maximum Gasteiger partial charge on any atom is 0.0674 e. The van der Waals surface area contributed by atoms with Crippen LogP contribution in [0.5, 0.6) is 0 Å². The molecule has 0 bridgehead atoms. The second-order valence-corrected chi connectivity index (χ2v) is 5.16. The summed E-state index contributed by atoms with van der Waals surface area (Å²) in [5.41, 5.74) is 2.47. The van der Waals surface area contributed by atoms with Crippen molar-refractivity contribution >= 4 is 0 Å². The summed E-state index contributed by atoms with van der Waals surface area (Å²) in [4.78, 5) is 6.94. The van der Waals surface area contributed by atoms with Crippen LogP contribution in [0.4, 0.5) is 0 Å². The summed E-state index contributed by atoms with van der Waals surface area (Å²) < 4.78 is 5.54. The van der Waals surface area contributed by atoms with E-state index in [1.165, 1.54) is 11.3 Å². The zero-order valence-corrected chi connectivity index (χ0v) is 13.0. The Morgan fingerprint density at radius 3 is 2.63 bits per heavy atom. The van der Waals surface area contributed by atoms with Crippen LogP contribution >= 0.6 is 0 Å². The van der Waals surface area contributed by atoms with Crippen LogP contribution in [0.3, 0.4) is 0 Å². The molecular weight excluding hydrogens is 236 g/mol. The third-order valence-corrected chi connectivity index (χ3v) is 3.17. The van der Waals surface area contributed by atoms with E-state index in [9.17, 15) is 0 Å². The highest BCUT2D eigenvalue weighted by atomic mass is 16.5. The lowest BCUT2D eigenvalue weighted by atomic mass is 10.1. The first-order chi connectivity index (χ1) is 9.15. The molecule has 1 saturated heterocycles. The van der Waals surface area contributed by atoms with Gasteiger partial charge in [0.1, 0.15) is 0 Å². The Balaban J connectivity index is 0.000000861. The van der Waals surface area contributed by atoms with Crippen molar-refractivity contribution in [2.75, 3.05) is 19.7 Å². The van der Waals surface area contributed by atoms with Crippen LogP contribution in [0.1, 0.15) is 51.8 Å². The van der Waals surface area contributed by atoms with Crippen molar-refractivity contribution in [3.63, 3.8) is 0 Å². The molecule has 2 rings (SSSR count). The fourth-order valence-corrected chi connectivity index (χ4v) is 2.16. The molecule has 3 nitrogen and oxygen atoms in total. The first-order valence-corrected chi connectivity index (χ1v) is 7.44. The molecule has 1 aromatic rings. The molecule has 108 valence electrons. The average Bonchev–Trinajstić information content (AvgIpc) is 2.41. The van der Waals surface area contributed by atoms with Crippen LogP contribution in [0.2, 0.25) is 0 Å². The van der Waals surface area contributed by atoms with Crippen LogP contribution in [-0.2, 0) is 11.3 Å². The maximum atomic E-state index is 5.54. The summed E-state index contributed by atoms with van der Waals surface area (Å²) in [6.07, 6.45) is 2.36. The van der Waals surface area contributed by atoms with Gasteiger partial charge in [-0.1, -0.05) is 33.8 Å². The Morgan fingerprint density at radius 2 is 2.11 bits per heavy atom. The zero-order chi connectivity index (χ0) is 14.3. The Hall–Kier alpha value is -0.930. The normalized spacial score (nSPS) is 20.0. The van der Waals surface area contributed by atoms with Crippen molar-refractivity contribution in [1.82, 2.24) is 9.88 Å². The summed E-state index contributed by atoms with van der Waals surface area (Å²) >= 11 is 0. The standard InChI is InChI=1S/C14H22N2O.C2H6/c1-11(2)14-5-4-13(8-15-14)10-16-6-7-17-12(3)9-16;1-2/h4-5,8,11-12H,6-7,9-10H2,1-3H3;1-2H3/t12-;/m1./s1. The number of pyridine rings is 1. The molecule has 0 N–H and O–H groups in total. The lowest BCUT2D eigenvalue weighted by Gasteiger charge is -2.31. The van der Waals surface area contributed by atoms with E-state index in [1.54, 1.807) is 0 Å². The zero-order valence-electron chi connectivity index (χ0n) is 13.0. The third kappa shape index (κ3) is 5.29. The molecule has 0 amide bonds. The minimum absolute atomic E-state index is 0.353. The van der Waals surface area contributed by atoms with Gasteiger partial charge in [-0.2, -0.15) is 0 Å². The van der Waals surface area contributed by atoms with Gasteiger partial charge in [0, 0.05) is 31.5 Å². The smallest absolute Gasteiger partial charge is 0.0674 e.